The van der Waals surface area contributed by atoms with Gasteiger partial charge in [-0.1, -0.05) is 59.1 Å². The summed E-state index contributed by atoms with van der Waals surface area (Å²) in [5.41, 5.74) is 3.54. The summed E-state index contributed by atoms with van der Waals surface area (Å²) >= 11 is 13.7. The molecule has 0 spiro atoms. The summed E-state index contributed by atoms with van der Waals surface area (Å²) in [6.07, 6.45) is 1.43. The van der Waals surface area contributed by atoms with E-state index in [1.165, 1.54) is 23.2 Å². The lowest BCUT2D eigenvalue weighted by Gasteiger charge is -2.10. The lowest BCUT2D eigenvalue weighted by molar-refractivity contribution is -0.118. The third-order valence-corrected chi connectivity index (χ3v) is 5.78. The number of rotatable bonds is 5. The first-order valence-corrected chi connectivity index (χ1v) is 10.3. The van der Waals surface area contributed by atoms with Crippen molar-refractivity contribution in [2.45, 2.75) is 6.92 Å². The Kier molecular flexibility index (Phi) is 5.67. The molecule has 29 heavy (non-hydrogen) atoms. The van der Waals surface area contributed by atoms with Gasteiger partial charge in [-0.3, -0.25) is 4.79 Å². The maximum Gasteiger partial charge on any atom is 0.262 e. The lowest BCUT2D eigenvalue weighted by Crippen LogP contribution is -2.21. The highest BCUT2D eigenvalue weighted by molar-refractivity contribution is 7.17. The van der Waals surface area contributed by atoms with E-state index in [1.54, 1.807) is 18.2 Å². The van der Waals surface area contributed by atoms with Crippen LogP contribution in [0.3, 0.4) is 0 Å². The summed E-state index contributed by atoms with van der Waals surface area (Å²) in [5, 5.41) is 6.18. The Hall–Kier alpha value is -2.67. The monoisotopic (exact) mass is 443 g/mol. The number of nitrogens with zero attached hydrogens (tertiary/aromatic N) is 2. The van der Waals surface area contributed by atoms with Crippen LogP contribution in [0, 0.1) is 6.92 Å². The first-order valence-electron chi connectivity index (χ1n) is 8.69. The van der Waals surface area contributed by atoms with Gasteiger partial charge in [-0.05, 0) is 24.6 Å². The van der Waals surface area contributed by atoms with Crippen LogP contribution in [0.15, 0.2) is 54.2 Å². The van der Waals surface area contributed by atoms with Gasteiger partial charge >= 0.3 is 0 Å². The molecule has 0 aliphatic carbocycles. The van der Waals surface area contributed by atoms with Gasteiger partial charge in [0.1, 0.15) is 11.2 Å². The van der Waals surface area contributed by atoms with Crippen LogP contribution in [0.1, 0.15) is 5.56 Å². The van der Waals surface area contributed by atoms with E-state index in [4.69, 9.17) is 27.9 Å². The highest BCUT2D eigenvalue weighted by Crippen LogP contribution is 2.37. The molecule has 0 bridgehead atoms. The average molecular weight is 444 g/mol. The normalized spacial score (nSPS) is 10.9. The number of thiophene rings is 1. The van der Waals surface area contributed by atoms with Gasteiger partial charge in [-0.25, -0.2) is 9.97 Å². The first kappa shape index (κ1) is 19.6. The molecule has 4 rings (SSSR count). The van der Waals surface area contributed by atoms with E-state index in [0.29, 0.717) is 21.6 Å². The minimum Gasteiger partial charge on any atom is -0.467 e. The standard InChI is InChI=1S/C21H15Cl2N3O2S/c1-12-5-7-13(8-6-12)14-10-29-21-18(14)20(24-11-25-21)28-9-17(27)26-19-15(22)3-2-4-16(19)23/h2-8,10-11H,9H2,1H3,(H,26,27). The molecule has 0 fully saturated rings. The van der Waals surface area contributed by atoms with E-state index in [9.17, 15) is 4.79 Å². The number of benzene rings is 2. The van der Waals surface area contributed by atoms with E-state index in [1.807, 2.05) is 36.6 Å². The van der Waals surface area contributed by atoms with Crippen LogP contribution in [0.5, 0.6) is 5.88 Å². The Morgan fingerprint density at radius 1 is 1.10 bits per heavy atom. The maximum absolute atomic E-state index is 12.4. The molecule has 2 aromatic carbocycles. The molecular weight excluding hydrogens is 429 g/mol. The van der Waals surface area contributed by atoms with Gasteiger partial charge in [-0.2, -0.15) is 0 Å². The fourth-order valence-corrected chi connectivity index (χ4v) is 4.23. The van der Waals surface area contributed by atoms with Crippen molar-refractivity contribution < 1.29 is 9.53 Å². The number of para-hydroxylation sites is 1. The van der Waals surface area contributed by atoms with Crippen LogP contribution in [-0.4, -0.2) is 22.5 Å². The van der Waals surface area contributed by atoms with Crippen molar-refractivity contribution in [3.05, 3.63) is 69.8 Å². The van der Waals surface area contributed by atoms with Crippen molar-refractivity contribution >= 4 is 56.3 Å². The molecule has 0 atom stereocenters. The molecule has 4 aromatic rings. The second-order valence-corrected chi connectivity index (χ2v) is 7.98. The molecule has 1 N–H and O–H groups in total. The zero-order valence-electron chi connectivity index (χ0n) is 15.3. The van der Waals surface area contributed by atoms with E-state index >= 15 is 0 Å². The molecule has 0 saturated heterocycles. The number of halogens is 2. The van der Waals surface area contributed by atoms with Crippen LogP contribution in [-0.2, 0) is 4.79 Å². The number of aryl methyl sites for hydroxylation is 1. The van der Waals surface area contributed by atoms with Gasteiger partial charge < -0.3 is 10.1 Å². The molecule has 1 amide bonds. The fourth-order valence-electron chi connectivity index (χ4n) is 2.83. The van der Waals surface area contributed by atoms with Crippen molar-refractivity contribution in [2.75, 3.05) is 11.9 Å². The Bertz CT molecular complexity index is 1170. The van der Waals surface area contributed by atoms with Crippen LogP contribution < -0.4 is 10.1 Å². The lowest BCUT2D eigenvalue weighted by atomic mass is 10.0. The predicted octanol–water partition coefficient (Wildman–Crippen LogP) is 5.99. The van der Waals surface area contributed by atoms with Crippen molar-refractivity contribution in [1.82, 2.24) is 9.97 Å². The molecule has 8 heteroatoms. The number of hydrogen-bond donors (Lipinski definition) is 1. The SMILES string of the molecule is Cc1ccc(-c2csc3ncnc(OCC(=O)Nc4c(Cl)cccc4Cl)c23)cc1. The molecule has 0 saturated carbocycles. The van der Waals surface area contributed by atoms with Gasteiger partial charge in [0, 0.05) is 10.9 Å². The van der Waals surface area contributed by atoms with Crippen LogP contribution in [0.25, 0.3) is 21.3 Å². The number of anilines is 1. The minimum atomic E-state index is -0.390. The van der Waals surface area contributed by atoms with Gasteiger partial charge in [0.25, 0.3) is 5.91 Å². The Balaban J connectivity index is 1.57. The van der Waals surface area contributed by atoms with Gasteiger partial charge in [0.2, 0.25) is 5.88 Å². The number of amides is 1. The maximum atomic E-state index is 12.4. The molecule has 0 radical (unpaired) electrons. The molecule has 0 unspecified atom stereocenters. The molecule has 5 nitrogen and oxygen atoms in total. The topological polar surface area (TPSA) is 64.1 Å². The predicted molar refractivity (Wildman–Crippen MR) is 118 cm³/mol. The van der Waals surface area contributed by atoms with Crippen molar-refractivity contribution in [3.63, 3.8) is 0 Å². The third-order valence-electron chi connectivity index (χ3n) is 4.27. The molecule has 0 aliphatic rings. The Morgan fingerprint density at radius 2 is 1.83 bits per heavy atom. The number of carbonyl (C=O) groups is 1. The molecule has 0 aliphatic heterocycles. The Labute approximate surface area is 181 Å². The zero-order valence-corrected chi connectivity index (χ0v) is 17.6. The van der Waals surface area contributed by atoms with E-state index in [-0.39, 0.29) is 12.5 Å². The average Bonchev–Trinajstić information content (AvgIpc) is 3.15. The van der Waals surface area contributed by atoms with Crippen LogP contribution >= 0.6 is 34.5 Å². The Morgan fingerprint density at radius 3 is 2.55 bits per heavy atom. The number of fused-ring (bicyclic) bond motifs is 1. The third kappa shape index (κ3) is 4.19. The number of aromatic nitrogens is 2. The number of carbonyl (C=O) groups excluding carboxylic acids is 1. The highest BCUT2D eigenvalue weighted by Gasteiger charge is 2.16. The summed E-state index contributed by atoms with van der Waals surface area (Å²) in [6, 6.07) is 13.2. The molecular formula is C21H15Cl2N3O2S. The smallest absolute Gasteiger partial charge is 0.262 e. The zero-order chi connectivity index (χ0) is 20.4. The van der Waals surface area contributed by atoms with Gasteiger partial charge in [0.05, 0.1) is 21.1 Å². The van der Waals surface area contributed by atoms with Gasteiger partial charge in [-0.15, -0.1) is 11.3 Å². The number of ether oxygens (including phenoxy) is 1. The van der Waals surface area contributed by atoms with E-state index in [2.05, 4.69) is 15.3 Å². The molecule has 146 valence electrons. The van der Waals surface area contributed by atoms with Crippen LogP contribution in [0.2, 0.25) is 10.0 Å². The summed E-state index contributed by atoms with van der Waals surface area (Å²) in [7, 11) is 0. The summed E-state index contributed by atoms with van der Waals surface area (Å²) in [6.45, 7) is 1.80. The van der Waals surface area contributed by atoms with E-state index in [0.717, 1.165) is 21.3 Å². The number of hydrogen-bond acceptors (Lipinski definition) is 5. The van der Waals surface area contributed by atoms with Crippen LogP contribution in [0.4, 0.5) is 5.69 Å². The van der Waals surface area contributed by atoms with Crippen molar-refractivity contribution in [2.24, 2.45) is 0 Å². The summed E-state index contributed by atoms with van der Waals surface area (Å²) in [4.78, 5) is 21.7. The summed E-state index contributed by atoms with van der Waals surface area (Å²) < 4.78 is 5.73. The van der Waals surface area contributed by atoms with Crippen molar-refractivity contribution in [3.8, 4) is 17.0 Å². The number of nitrogens with one attached hydrogen (secondary N) is 1. The summed E-state index contributed by atoms with van der Waals surface area (Å²) in [5.74, 6) is -0.0360. The quantitative estimate of drug-likeness (QED) is 0.411. The molecule has 2 heterocycles. The fraction of sp³-hybridized carbons (Fsp3) is 0.0952. The second-order valence-electron chi connectivity index (χ2n) is 6.31. The first-order chi connectivity index (χ1) is 14.0. The second kappa shape index (κ2) is 8.37. The van der Waals surface area contributed by atoms with Gasteiger partial charge in [0.15, 0.2) is 6.61 Å². The molecule has 2 aromatic heterocycles. The largest absolute Gasteiger partial charge is 0.467 e. The minimum absolute atomic E-state index is 0.239. The van der Waals surface area contributed by atoms with E-state index < -0.39 is 0 Å². The highest BCUT2D eigenvalue weighted by atomic mass is 35.5. The van der Waals surface area contributed by atoms with Crippen molar-refractivity contribution in [1.29, 1.82) is 0 Å².